The second-order valence-electron chi connectivity index (χ2n) is 3.95. The molecule has 0 fully saturated rings. The Hall–Kier alpha value is -2.30. The van der Waals surface area contributed by atoms with Gasteiger partial charge in [-0.15, -0.1) is 0 Å². The molecule has 5 heteroatoms. The van der Waals surface area contributed by atoms with Gasteiger partial charge in [-0.3, -0.25) is 0 Å². The van der Waals surface area contributed by atoms with Crippen molar-refractivity contribution < 1.29 is 18.6 Å². The third kappa shape index (κ3) is 2.93. The molecule has 0 unspecified atom stereocenters. The first kappa shape index (κ1) is 13.1. The molecule has 0 radical (unpaired) electrons. The van der Waals surface area contributed by atoms with Crippen LogP contribution in [0.5, 0.6) is 11.5 Å². The maximum Gasteiger partial charge on any atom is 0.162 e. The number of methoxy groups -OCH3 is 1. The monoisotopic (exact) mass is 265 g/mol. The van der Waals surface area contributed by atoms with Crippen LogP contribution in [0.3, 0.4) is 0 Å². The average molecular weight is 265 g/mol. The van der Waals surface area contributed by atoms with Crippen LogP contribution >= 0.6 is 0 Å². The van der Waals surface area contributed by atoms with Gasteiger partial charge in [0.2, 0.25) is 0 Å². The van der Waals surface area contributed by atoms with Gasteiger partial charge in [0, 0.05) is 12.1 Å². The topological polar surface area (TPSA) is 41.5 Å². The van der Waals surface area contributed by atoms with Crippen molar-refractivity contribution >= 4 is 5.69 Å². The van der Waals surface area contributed by atoms with Gasteiger partial charge in [-0.1, -0.05) is 12.1 Å². The molecule has 0 spiro atoms. The number of hydrogen-bond acceptors (Lipinski definition) is 3. The zero-order valence-electron chi connectivity index (χ0n) is 10.3. The number of aromatic hydroxyl groups is 1. The Morgan fingerprint density at radius 3 is 2.74 bits per heavy atom. The number of rotatable bonds is 4. The van der Waals surface area contributed by atoms with E-state index in [-0.39, 0.29) is 18.0 Å². The molecule has 0 aliphatic rings. The smallest absolute Gasteiger partial charge is 0.162 e. The van der Waals surface area contributed by atoms with E-state index < -0.39 is 11.6 Å². The van der Waals surface area contributed by atoms with Crippen LogP contribution in [0.2, 0.25) is 0 Å². The Bertz CT molecular complexity index is 588. The van der Waals surface area contributed by atoms with E-state index in [2.05, 4.69) is 5.32 Å². The van der Waals surface area contributed by atoms with E-state index in [0.29, 0.717) is 11.3 Å². The van der Waals surface area contributed by atoms with Crippen LogP contribution in [0.1, 0.15) is 5.56 Å². The Kier molecular flexibility index (Phi) is 3.85. The Morgan fingerprint density at radius 2 is 2.00 bits per heavy atom. The third-order valence-corrected chi connectivity index (χ3v) is 2.70. The molecule has 2 N–H and O–H groups in total. The van der Waals surface area contributed by atoms with Crippen LogP contribution in [0.25, 0.3) is 0 Å². The summed E-state index contributed by atoms with van der Waals surface area (Å²) in [5.41, 5.74) is 0.574. The van der Waals surface area contributed by atoms with Crippen molar-refractivity contribution in [2.75, 3.05) is 12.4 Å². The van der Waals surface area contributed by atoms with Crippen molar-refractivity contribution in [3.8, 4) is 11.5 Å². The molecule has 2 aromatic carbocycles. The molecule has 0 heterocycles. The molecule has 0 atom stereocenters. The lowest BCUT2D eigenvalue weighted by molar-refractivity contribution is 0.371. The van der Waals surface area contributed by atoms with Crippen molar-refractivity contribution in [3.63, 3.8) is 0 Å². The number of anilines is 1. The van der Waals surface area contributed by atoms with Gasteiger partial charge >= 0.3 is 0 Å². The molecule has 0 aliphatic heterocycles. The minimum absolute atomic E-state index is 0.0192. The van der Waals surface area contributed by atoms with Gasteiger partial charge < -0.3 is 15.2 Å². The summed E-state index contributed by atoms with van der Waals surface area (Å²) >= 11 is 0. The highest BCUT2D eigenvalue weighted by Gasteiger charge is 2.08. The number of nitrogens with one attached hydrogen (secondary N) is 1. The first-order valence-corrected chi connectivity index (χ1v) is 5.65. The summed E-state index contributed by atoms with van der Waals surface area (Å²) in [6, 6.07) is 8.14. The van der Waals surface area contributed by atoms with Gasteiger partial charge in [0.1, 0.15) is 11.6 Å². The van der Waals surface area contributed by atoms with E-state index in [1.807, 2.05) is 0 Å². The lowest BCUT2D eigenvalue weighted by Crippen LogP contribution is -2.02. The summed E-state index contributed by atoms with van der Waals surface area (Å²) in [4.78, 5) is 0. The summed E-state index contributed by atoms with van der Waals surface area (Å²) in [5, 5.41) is 12.6. The predicted molar refractivity (Wildman–Crippen MR) is 68.3 cm³/mol. The summed E-state index contributed by atoms with van der Waals surface area (Å²) in [6.45, 7) is 0.156. The quantitative estimate of drug-likeness (QED) is 0.891. The van der Waals surface area contributed by atoms with E-state index in [9.17, 15) is 13.9 Å². The van der Waals surface area contributed by atoms with Crippen LogP contribution < -0.4 is 10.1 Å². The molecule has 0 bridgehead atoms. The molecule has 2 aromatic rings. The summed E-state index contributed by atoms with van der Waals surface area (Å²) in [5.74, 6) is -0.768. The zero-order valence-corrected chi connectivity index (χ0v) is 10.3. The van der Waals surface area contributed by atoms with Gasteiger partial charge in [0.05, 0.1) is 12.8 Å². The summed E-state index contributed by atoms with van der Waals surface area (Å²) < 4.78 is 31.4. The minimum Gasteiger partial charge on any atom is -0.504 e. The second kappa shape index (κ2) is 5.56. The van der Waals surface area contributed by atoms with Gasteiger partial charge in [-0.25, -0.2) is 8.78 Å². The van der Waals surface area contributed by atoms with Crippen LogP contribution in [-0.4, -0.2) is 12.2 Å². The molecular formula is C14H13F2NO2. The van der Waals surface area contributed by atoms with E-state index >= 15 is 0 Å². The number of ether oxygens (including phenoxy) is 1. The molecule has 0 amide bonds. The van der Waals surface area contributed by atoms with Crippen molar-refractivity contribution in [2.24, 2.45) is 0 Å². The zero-order chi connectivity index (χ0) is 13.8. The maximum absolute atomic E-state index is 13.4. The Labute approximate surface area is 109 Å². The molecule has 2 rings (SSSR count). The normalized spacial score (nSPS) is 10.3. The SMILES string of the molecule is COc1cccc(CNc2cc(F)ccc2F)c1O. The van der Waals surface area contributed by atoms with E-state index in [4.69, 9.17) is 4.74 Å². The first-order chi connectivity index (χ1) is 9.11. The molecule has 0 saturated carbocycles. The molecule has 0 aromatic heterocycles. The van der Waals surface area contributed by atoms with Crippen molar-refractivity contribution in [1.82, 2.24) is 0 Å². The molecule has 0 saturated heterocycles. The minimum atomic E-state index is -0.552. The number of phenolic OH excluding ortho intramolecular Hbond substituents is 1. The van der Waals surface area contributed by atoms with Crippen molar-refractivity contribution in [1.29, 1.82) is 0 Å². The van der Waals surface area contributed by atoms with E-state index in [1.54, 1.807) is 18.2 Å². The highest BCUT2D eigenvalue weighted by atomic mass is 19.1. The largest absolute Gasteiger partial charge is 0.504 e. The van der Waals surface area contributed by atoms with Gasteiger partial charge in [0.25, 0.3) is 0 Å². The van der Waals surface area contributed by atoms with Gasteiger partial charge in [-0.2, -0.15) is 0 Å². The molecule has 3 nitrogen and oxygen atoms in total. The predicted octanol–water partition coefficient (Wildman–Crippen LogP) is 3.29. The molecule has 0 aliphatic carbocycles. The molecule has 19 heavy (non-hydrogen) atoms. The fourth-order valence-electron chi connectivity index (χ4n) is 1.70. The van der Waals surface area contributed by atoms with E-state index in [0.717, 1.165) is 18.2 Å². The number of hydrogen-bond donors (Lipinski definition) is 2. The molecular weight excluding hydrogens is 252 g/mol. The Balaban J connectivity index is 2.17. The molecule has 100 valence electrons. The Morgan fingerprint density at radius 1 is 1.21 bits per heavy atom. The maximum atomic E-state index is 13.4. The van der Waals surface area contributed by atoms with Crippen LogP contribution in [0.15, 0.2) is 36.4 Å². The third-order valence-electron chi connectivity index (χ3n) is 2.70. The second-order valence-corrected chi connectivity index (χ2v) is 3.95. The van der Waals surface area contributed by atoms with Crippen molar-refractivity contribution in [3.05, 3.63) is 53.6 Å². The summed E-state index contributed by atoms with van der Waals surface area (Å²) in [7, 11) is 1.44. The van der Waals surface area contributed by atoms with E-state index in [1.165, 1.54) is 7.11 Å². The highest BCUT2D eigenvalue weighted by Crippen LogP contribution is 2.30. The highest BCUT2D eigenvalue weighted by molar-refractivity contribution is 5.49. The first-order valence-electron chi connectivity index (χ1n) is 5.65. The van der Waals surface area contributed by atoms with Crippen LogP contribution in [0.4, 0.5) is 14.5 Å². The summed E-state index contributed by atoms with van der Waals surface area (Å²) in [6.07, 6.45) is 0. The van der Waals surface area contributed by atoms with Crippen molar-refractivity contribution in [2.45, 2.75) is 6.54 Å². The number of phenols is 1. The van der Waals surface area contributed by atoms with Gasteiger partial charge in [0.15, 0.2) is 11.5 Å². The fraction of sp³-hybridized carbons (Fsp3) is 0.143. The number of benzene rings is 2. The lowest BCUT2D eigenvalue weighted by atomic mass is 10.1. The average Bonchev–Trinajstić information content (AvgIpc) is 2.41. The number of para-hydroxylation sites is 1. The fourth-order valence-corrected chi connectivity index (χ4v) is 1.70. The van der Waals surface area contributed by atoms with Crippen LogP contribution in [-0.2, 0) is 6.54 Å². The van der Waals surface area contributed by atoms with Crippen LogP contribution in [0, 0.1) is 11.6 Å². The van der Waals surface area contributed by atoms with Gasteiger partial charge in [-0.05, 0) is 24.3 Å². The standard InChI is InChI=1S/C14H13F2NO2/c1-19-13-4-2-3-9(14(13)18)8-17-12-7-10(15)5-6-11(12)16/h2-7,17-18H,8H2,1H3. The number of halogens is 2. The lowest BCUT2D eigenvalue weighted by Gasteiger charge is -2.11.